The van der Waals surface area contributed by atoms with Crippen molar-refractivity contribution < 1.29 is 64.1 Å². The molecule has 0 saturated carbocycles. The van der Waals surface area contributed by atoms with E-state index in [0.29, 0.717) is 0 Å². The van der Waals surface area contributed by atoms with Crippen LogP contribution >= 0.6 is 0 Å². The van der Waals surface area contributed by atoms with E-state index in [0.717, 1.165) is 0 Å². The molecule has 14 heteroatoms. The van der Waals surface area contributed by atoms with Gasteiger partial charge in [0.2, 0.25) is 5.60 Å². The van der Waals surface area contributed by atoms with Crippen LogP contribution in [0.4, 0.5) is 0 Å². The van der Waals surface area contributed by atoms with Crippen molar-refractivity contribution >= 4 is 73.6 Å². The summed E-state index contributed by atoms with van der Waals surface area (Å²) in [5.41, 5.74) is -6.45. The van der Waals surface area contributed by atoms with Gasteiger partial charge in [-0.3, -0.25) is 14.4 Å². The number of carbonyl (C=O) groups excluding carboxylic acids is 3. The molecule has 0 aromatic rings. The average molecular weight is 404 g/mol. The van der Waals surface area contributed by atoms with Crippen LogP contribution in [0.5, 0.6) is 0 Å². The van der Waals surface area contributed by atoms with Crippen LogP contribution in [0.1, 0.15) is 25.7 Å². The number of carboxylic acids is 5. The van der Waals surface area contributed by atoms with Crippen molar-refractivity contribution in [2.75, 3.05) is 0 Å². The summed E-state index contributed by atoms with van der Waals surface area (Å²) in [4.78, 5) is 65.6. The van der Waals surface area contributed by atoms with E-state index in [2.05, 4.69) is 4.74 Å². The summed E-state index contributed by atoms with van der Waals surface area (Å²) in [5, 5.41) is 57.1. The first-order chi connectivity index (χ1) is 11.2. The third-order valence-corrected chi connectivity index (χ3v) is 2.83. The van der Waals surface area contributed by atoms with Crippen molar-refractivity contribution in [1.82, 2.24) is 0 Å². The summed E-state index contributed by atoms with van der Waals surface area (Å²) in [7, 11) is 0. The van der Waals surface area contributed by atoms with Crippen LogP contribution < -0.4 is 10.2 Å². The Labute approximate surface area is 174 Å². The first kappa shape index (κ1) is 26.3. The summed E-state index contributed by atoms with van der Waals surface area (Å²) in [6, 6.07) is 0. The molecule has 4 N–H and O–H groups in total. The molecule has 0 aliphatic rings. The quantitative estimate of drug-likeness (QED) is 0.186. The minimum absolute atomic E-state index is 0. The zero-order valence-corrected chi connectivity index (χ0v) is 15.2. The van der Waals surface area contributed by atoms with E-state index in [4.69, 9.17) is 15.3 Å². The maximum absolute atomic E-state index is 11.7. The minimum Gasteiger partial charge on any atom is -0.550 e. The van der Waals surface area contributed by atoms with E-state index in [9.17, 15) is 44.1 Å². The Kier molecular flexibility index (Phi) is 10.4. The summed E-state index contributed by atoms with van der Waals surface area (Å²) < 4.78 is 4.28. The second-order valence-corrected chi connectivity index (χ2v) is 4.96. The average Bonchev–Trinajstić information content (AvgIpc) is 2.34. The van der Waals surface area contributed by atoms with Crippen molar-refractivity contribution in [2.45, 2.75) is 36.9 Å². The molecule has 0 aliphatic carbocycles. The first-order valence-corrected chi connectivity index (χ1v) is 6.26. The smallest absolute Gasteiger partial charge is 0.550 e. The second-order valence-electron chi connectivity index (χ2n) is 4.96. The molecule has 26 heavy (non-hydrogen) atoms. The van der Waals surface area contributed by atoms with Gasteiger partial charge in [-0.05, 0) is 0 Å². The summed E-state index contributed by atoms with van der Waals surface area (Å²) >= 11 is 0. The number of rotatable bonds is 11. The van der Waals surface area contributed by atoms with Gasteiger partial charge < -0.3 is 45.0 Å². The number of esters is 1. The van der Waals surface area contributed by atoms with Gasteiger partial charge in [0.15, 0.2) is 0 Å². The molecule has 0 aromatic heterocycles. The van der Waals surface area contributed by atoms with Gasteiger partial charge in [0, 0.05) is 12.4 Å². The predicted molar refractivity (Wildman–Crippen MR) is 70.9 cm³/mol. The van der Waals surface area contributed by atoms with E-state index >= 15 is 0 Å². The zero-order valence-electron chi connectivity index (χ0n) is 13.0. The fourth-order valence-electron chi connectivity index (χ4n) is 1.76. The Morgan fingerprint density at radius 2 is 1.23 bits per heavy atom. The van der Waals surface area contributed by atoms with E-state index in [1.165, 1.54) is 0 Å². The van der Waals surface area contributed by atoms with Crippen molar-refractivity contribution in [3.63, 3.8) is 0 Å². The van der Waals surface area contributed by atoms with Crippen molar-refractivity contribution in [2.24, 2.45) is 0 Å². The Bertz CT molecular complexity index is 596. The third kappa shape index (κ3) is 7.95. The Balaban J connectivity index is 0. The monoisotopic (exact) mass is 404 g/mol. The molecule has 0 aromatic carbocycles. The van der Waals surface area contributed by atoms with Crippen LogP contribution in [0.15, 0.2) is 0 Å². The number of hydrogen-bond acceptors (Lipinski definition) is 10. The number of carboxylic acid groups (broad SMARTS) is 5. The molecule has 0 amide bonds. The maximum atomic E-state index is 11.7. The molecule has 0 spiro atoms. The van der Waals surface area contributed by atoms with E-state index in [1.54, 1.807) is 0 Å². The molecule has 13 nitrogen and oxygen atoms in total. The molecule has 0 aliphatic heterocycles. The van der Waals surface area contributed by atoms with Crippen molar-refractivity contribution in [3.05, 3.63) is 0 Å². The Hall–Kier alpha value is -1.96. The van der Waals surface area contributed by atoms with Gasteiger partial charge in [-0.2, -0.15) is 0 Å². The van der Waals surface area contributed by atoms with Crippen LogP contribution in [0.3, 0.4) is 0 Å². The fourth-order valence-corrected chi connectivity index (χ4v) is 1.76. The molecular formula is C12H12CaO13. The third-order valence-electron chi connectivity index (χ3n) is 2.83. The SMILES string of the molecule is O=C([O-])CC(O)(CC(=O)OC(CC(=O)O)(CC(=O)O)C(=O)O)C(=O)[O-].[Ca+2]. The normalized spacial score (nSPS) is 12.8. The van der Waals surface area contributed by atoms with E-state index in [1.807, 2.05) is 0 Å². The minimum atomic E-state index is -3.34. The first-order valence-electron chi connectivity index (χ1n) is 6.26. The summed E-state index contributed by atoms with van der Waals surface area (Å²) in [5.74, 6) is -12.3. The Morgan fingerprint density at radius 3 is 1.50 bits per heavy atom. The molecule has 0 radical (unpaired) electrons. The van der Waals surface area contributed by atoms with Gasteiger partial charge in [0.05, 0.1) is 25.2 Å². The van der Waals surface area contributed by atoms with Crippen LogP contribution in [-0.4, -0.2) is 105 Å². The largest absolute Gasteiger partial charge is 2.00 e. The molecule has 0 rings (SSSR count). The van der Waals surface area contributed by atoms with E-state index in [-0.39, 0.29) is 37.7 Å². The molecule has 0 fully saturated rings. The van der Waals surface area contributed by atoms with Gasteiger partial charge in [-0.15, -0.1) is 0 Å². The number of hydrogen-bond donors (Lipinski definition) is 4. The standard InChI is InChI=1S/C12H14O13.Ca/c13-5(14)1-11(24,9(20)21)4-8(19)25-12(10(22)23,2-6(15)16)3-7(17)18;/h24H,1-4H2,(H,13,14)(H,15,16)(H,17,18)(H,20,21)(H,22,23);/q;+2/p-2. The molecule has 1 atom stereocenters. The van der Waals surface area contributed by atoms with Crippen molar-refractivity contribution in [1.29, 1.82) is 0 Å². The second kappa shape index (κ2) is 10.3. The van der Waals surface area contributed by atoms with Gasteiger partial charge in [0.25, 0.3) is 0 Å². The number of aliphatic carboxylic acids is 5. The molecule has 0 saturated heterocycles. The Morgan fingerprint density at radius 1 is 0.808 bits per heavy atom. The number of ether oxygens (including phenoxy) is 1. The van der Waals surface area contributed by atoms with Gasteiger partial charge in [-0.1, -0.05) is 0 Å². The summed E-state index contributed by atoms with van der Waals surface area (Å²) in [6.07, 6.45) is -6.27. The van der Waals surface area contributed by atoms with Gasteiger partial charge >= 0.3 is 61.6 Å². The number of aliphatic hydroxyl groups is 1. The van der Waals surface area contributed by atoms with E-state index < -0.39 is 72.7 Å². The fraction of sp³-hybridized carbons (Fsp3) is 0.500. The van der Waals surface area contributed by atoms with Crippen molar-refractivity contribution in [3.8, 4) is 0 Å². The molecule has 0 heterocycles. The molecule has 0 bridgehead atoms. The van der Waals surface area contributed by atoms with Crippen LogP contribution in [0.25, 0.3) is 0 Å². The molecular weight excluding hydrogens is 392 g/mol. The van der Waals surface area contributed by atoms with Crippen LogP contribution in [-0.2, 0) is 33.5 Å². The van der Waals surface area contributed by atoms with Gasteiger partial charge in [-0.25, -0.2) is 4.79 Å². The zero-order chi connectivity index (χ0) is 20.0. The predicted octanol–water partition coefficient (Wildman–Crippen LogP) is -5.07. The number of carbonyl (C=O) groups is 6. The summed E-state index contributed by atoms with van der Waals surface area (Å²) in [6.45, 7) is 0. The molecule has 140 valence electrons. The van der Waals surface area contributed by atoms with Gasteiger partial charge in [0.1, 0.15) is 5.60 Å². The maximum Gasteiger partial charge on any atom is 2.00 e. The topological polar surface area (TPSA) is 239 Å². The molecule has 1 unspecified atom stereocenters. The van der Waals surface area contributed by atoms with Crippen LogP contribution in [0, 0.1) is 0 Å². The van der Waals surface area contributed by atoms with Crippen LogP contribution in [0.2, 0.25) is 0 Å².